The fourth-order valence-corrected chi connectivity index (χ4v) is 3.86. The summed E-state index contributed by atoms with van der Waals surface area (Å²) in [6.07, 6.45) is 0.938. The Morgan fingerprint density at radius 2 is 2.08 bits per heavy atom. The SMILES string of the molecule is ClCc1nc2cc(-c3nc4cc(Br)cc5c4n3CCCO5)ccc2o1. The molecule has 5 nitrogen and oxygen atoms in total. The minimum Gasteiger partial charge on any atom is -0.491 e. The molecule has 0 amide bonds. The van der Waals surface area contributed by atoms with Crippen molar-refractivity contribution in [3.05, 3.63) is 40.7 Å². The molecule has 0 spiro atoms. The minimum absolute atomic E-state index is 0.261. The van der Waals surface area contributed by atoms with E-state index in [1.807, 2.05) is 30.3 Å². The highest BCUT2D eigenvalue weighted by Gasteiger charge is 2.20. The number of alkyl halides is 1. The lowest BCUT2D eigenvalue weighted by Crippen LogP contribution is -2.01. The number of hydrogen-bond donors (Lipinski definition) is 0. The van der Waals surface area contributed by atoms with Crippen molar-refractivity contribution in [2.45, 2.75) is 18.8 Å². The maximum atomic E-state index is 5.91. The summed E-state index contributed by atoms with van der Waals surface area (Å²) in [5.74, 6) is 2.57. The first-order valence-corrected chi connectivity index (χ1v) is 9.34. The Kier molecular flexibility index (Phi) is 3.50. The molecule has 0 saturated heterocycles. The van der Waals surface area contributed by atoms with Gasteiger partial charge in [-0.3, -0.25) is 0 Å². The van der Waals surface area contributed by atoms with Gasteiger partial charge in [0.1, 0.15) is 22.6 Å². The van der Waals surface area contributed by atoms with Crippen LogP contribution in [0.25, 0.3) is 33.5 Å². The molecule has 126 valence electrons. The predicted octanol–water partition coefficient (Wildman–Crippen LogP) is 5.13. The molecule has 0 N–H and O–H groups in total. The van der Waals surface area contributed by atoms with E-state index >= 15 is 0 Å². The van der Waals surface area contributed by atoms with Crippen molar-refractivity contribution in [3.63, 3.8) is 0 Å². The number of aromatic nitrogens is 3. The van der Waals surface area contributed by atoms with Crippen LogP contribution in [-0.2, 0) is 12.4 Å². The zero-order valence-corrected chi connectivity index (χ0v) is 15.5. The average Bonchev–Trinajstić information content (AvgIpc) is 3.11. The van der Waals surface area contributed by atoms with Crippen LogP contribution >= 0.6 is 27.5 Å². The number of hydrogen-bond acceptors (Lipinski definition) is 4. The van der Waals surface area contributed by atoms with E-state index in [2.05, 4.69) is 25.5 Å². The lowest BCUT2D eigenvalue weighted by atomic mass is 10.2. The minimum atomic E-state index is 0.261. The quantitative estimate of drug-likeness (QED) is 0.424. The number of aryl methyl sites for hydroxylation is 1. The summed E-state index contributed by atoms with van der Waals surface area (Å²) < 4.78 is 14.7. The van der Waals surface area contributed by atoms with E-state index < -0.39 is 0 Å². The summed E-state index contributed by atoms with van der Waals surface area (Å²) in [6.45, 7) is 1.57. The van der Waals surface area contributed by atoms with Gasteiger partial charge in [-0.2, -0.15) is 0 Å². The predicted molar refractivity (Wildman–Crippen MR) is 100 cm³/mol. The molecule has 1 aliphatic rings. The lowest BCUT2D eigenvalue weighted by Gasteiger charge is -2.06. The van der Waals surface area contributed by atoms with Crippen molar-refractivity contribution in [1.29, 1.82) is 0 Å². The van der Waals surface area contributed by atoms with Crippen molar-refractivity contribution < 1.29 is 9.15 Å². The van der Waals surface area contributed by atoms with Crippen LogP contribution in [-0.4, -0.2) is 21.1 Å². The molecule has 3 heterocycles. The van der Waals surface area contributed by atoms with Crippen molar-refractivity contribution in [2.24, 2.45) is 0 Å². The average molecular weight is 419 g/mol. The summed E-state index contributed by atoms with van der Waals surface area (Å²) in [6, 6.07) is 9.96. The molecule has 0 saturated carbocycles. The number of halogens is 2. The molecule has 25 heavy (non-hydrogen) atoms. The molecule has 0 atom stereocenters. The highest BCUT2D eigenvalue weighted by Crippen LogP contribution is 2.36. The second-order valence-electron chi connectivity index (χ2n) is 5.98. The number of benzene rings is 2. The van der Waals surface area contributed by atoms with Gasteiger partial charge in [0.25, 0.3) is 0 Å². The zero-order valence-electron chi connectivity index (χ0n) is 13.1. The van der Waals surface area contributed by atoms with Gasteiger partial charge in [0.05, 0.1) is 18.0 Å². The first kappa shape index (κ1) is 15.2. The monoisotopic (exact) mass is 417 g/mol. The van der Waals surface area contributed by atoms with E-state index in [1.165, 1.54) is 0 Å². The molecule has 2 aromatic heterocycles. The van der Waals surface area contributed by atoms with Crippen molar-refractivity contribution in [2.75, 3.05) is 6.61 Å². The molecule has 0 aliphatic carbocycles. The van der Waals surface area contributed by atoms with E-state index in [9.17, 15) is 0 Å². The fraction of sp³-hybridized carbons (Fsp3) is 0.222. The van der Waals surface area contributed by atoms with Crippen LogP contribution in [0.5, 0.6) is 5.75 Å². The Labute approximate surface area is 156 Å². The van der Waals surface area contributed by atoms with Gasteiger partial charge in [0.15, 0.2) is 5.58 Å². The molecule has 0 fully saturated rings. The summed E-state index contributed by atoms with van der Waals surface area (Å²) in [4.78, 5) is 9.28. The topological polar surface area (TPSA) is 53.1 Å². The zero-order chi connectivity index (χ0) is 17.0. The number of oxazole rings is 1. The van der Waals surface area contributed by atoms with Gasteiger partial charge in [0, 0.05) is 16.6 Å². The molecular formula is C18H13BrClN3O2. The third-order valence-electron chi connectivity index (χ3n) is 4.36. The molecule has 5 rings (SSSR count). The standard InChI is InChI=1S/C18H13BrClN3O2/c19-11-7-13-17-15(8-11)24-5-1-4-23(17)18(22-13)10-2-3-14-12(6-10)21-16(9-20)25-14/h2-3,6-8H,1,4-5,9H2. The maximum absolute atomic E-state index is 5.91. The Morgan fingerprint density at radius 3 is 2.96 bits per heavy atom. The van der Waals surface area contributed by atoms with Crippen LogP contribution in [0, 0.1) is 0 Å². The van der Waals surface area contributed by atoms with Gasteiger partial charge in [-0.25, -0.2) is 9.97 Å². The first-order valence-electron chi connectivity index (χ1n) is 8.01. The number of ether oxygens (including phenoxy) is 1. The third-order valence-corrected chi connectivity index (χ3v) is 5.05. The van der Waals surface area contributed by atoms with E-state index in [0.717, 1.165) is 56.7 Å². The number of rotatable bonds is 2. The maximum Gasteiger partial charge on any atom is 0.210 e. The summed E-state index contributed by atoms with van der Waals surface area (Å²) >= 11 is 9.37. The van der Waals surface area contributed by atoms with E-state index in [-0.39, 0.29) is 5.88 Å². The molecule has 0 bridgehead atoms. The van der Waals surface area contributed by atoms with Gasteiger partial charge in [0.2, 0.25) is 5.89 Å². The van der Waals surface area contributed by atoms with Gasteiger partial charge >= 0.3 is 0 Å². The van der Waals surface area contributed by atoms with Crippen LogP contribution in [0.4, 0.5) is 0 Å². The van der Waals surface area contributed by atoms with Gasteiger partial charge in [-0.05, 0) is 36.8 Å². The summed E-state index contributed by atoms with van der Waals surface area (Å²) in [5, 5.41) is 0. The number of nitrogens with zero attached hydrogens (tertiary/aromatic N) is 3. The molecule has 7 heteroatoms. The van der Waals surface area contributed by atoms with Crippen LogP contribution in [0.15, 0.2) is 39.2 Å². The van der Waals surface area contributed by atoms with Crippen LogP contribution < -0.4 is 4.74 Å². The third kappa shape index (κ3) is 2.43. The molecule has 1 aliphatic heterocycles. The Hall–Kier alpha value is -2.05. The molecule has 2 aromatic carbocycles. The van der Waals surface area contributed by atoms with Crippen molar-refractivity contribution in [3.8, 4) is 17.1 Å². The van der Waals surface area contributed by atoms with Crippen molar-refractivity contribution >= 4 is 49.7 Å². The fourth-order valence-electron chi connectivity index (χ4n) is 3.32. The Balaban J connectivity index is 1.75. The lowest BCUT2D eigenvalue weighted by molar-refractivity contribution is 0.315. The molecule has 0 radical (unpaired) electrons. The summed E-state index contributed by atoms with van der Waals surface area (Å²) in [7, 11) is 0. The second-order valence-corrected chi connectivity index (χ2v) is 7.17. The molecule has 0 unspecified atom stereocenters. The van der Waals surface area contributed by atoms with Gasteiger partial charge < -0.3 is 13.7 Å². The first-order chi connectivity index (χ1) is 12.2. The Bertz CT molecular complexity index is 1120. The van der Waals surface area contributed by atoms with Crippen LogP contribution in [0.2, 0.25) is 0 Å². The van der Waals surface area contributed by atoms with E-state index in [0.29, 0.717) is 12.5 Å². The number of imidazole rings is 1. The highest BCUT2D eigenvalue weighted by molar-refractivity contribution is 9.10. The van der Waals surface area contributed by atoms with E-state index in [4.69, 9.17) is 25.7 Å². The van der Waals surface area contributed by atoms with Gasteiger partial charge in [-0.15, -0.1) is 11.6 Å². The van der Waals surface area contributed by atoms with Crippen LogP contribution in [0.3, 0.4) is 0 Å². The van der Waals surface area contributed by atoms with E-state index in [1.54, 1.807) is 0 Å². The normalized spacial score (nSPS) is 14.0. The van der Waals surface area contributed by atoms with Crippen molar-refractivity contribution in [1.82, 2.24) is 14.5 Å². The summed E-state index contributed by atoms with van der Waals surface area (Å²) in [5.41, 5.74) is 4.49. The molecule has 4 aromatic rings. The van der Waals surface area contributed by atoms with Gasteiger partial charge in [-0.1, -0.05) is 15.9 Å². The largest absolute Gasteiger partial charge is 0.491 e. The number of fused-ring (bicyclic) bond motifs is 1. The second kappa shape index (κ2) is 5.75. The smallest absolute Gasteiger partial charge is 0.210 e. The highest BCUT2D eigenvalue weighted by atomic mass is 79.9. The van der Waals surface area contributed by atoms with Crippen LogP contribution in [0.1, 0.15) is 12.3 Å². The Morgan fingerprint density at radius 1 is 1.16 bits per heavy atom. The molecular weight excluding hydrogens is 406 g/mol.